The van der Waals surface area contributed by atoms with Crippen molar-refractivity contribution in [1.82, 2.24) is 0 Å². The van der Waals surface area contributed by atoms with Gasteiger partial charge in [-0.15, -0.1) is 0 Å². The molecule has 0 unspecified atom stereocenters. The van der Waals surface area contributed by atoms with Crippen LogP contribution in [0.5, 0.6) is 0 Å². The van der Waals surface area contributed by atoms with Gasteiger partial charge in [0.25, 0.3) is 11.5 Å². The Bertz CT molecular complexity index is 745. The van der Waals surface area contributed by atoms with Gasteiger partial charge in [-0.1, -0.05) is 5.16 Å². The molecule has 0 saturated heterocycles. The summed E-state index contributed by atoms with van der Waals surface area (Å²) in [4.78, 5) is 46.0. The lowest BCUT2D eigenvalue weighted by molar-refractivity contribution is -0.385. The van der Waals surface area contributed by atoms with E-state index in [-0.39, 0.29) is 10.2 Å². The fourth-order valence-electron chi connectivity index (χ4n) is 1.73. The van der Waals surface area contributed by atoms with E-state index in [1.54, 1.807) is 0 Å². The van der Waals surface area contributed by atoms with Crippen molar-refractivity contribution in [3.05, 3.63) is 32.3 Å². The number of carbonyl (C=O) groups is 3. The minimum atomic E-state index is -1.39. The van der Waals surface area contributed by atoms with Gasteiger partial charge in [0, 0.05) is 10.5 Å². The number of rotatable bonds is 1. The first-order chi connectivity index (χ1) is 9.81. The van der Waals surface area contributed by atoms with Crippen molar-refractivity contribution in [2.75, 3.05) is 3.93 Å². The number of hydrogen-bond acceptors (Lipinski definition) is 7. The van der Waals surface area contributed by atoms with Crippen molar-refractivity contribution in [2.24, 2.45) is 5.16 Å². The lowest BCUT2D eigenvalue weighted by Gasteiger charge is -2.14. The smallest absolute Gasteiger partial charge is 0.311 e. The summed E-state index contributed by atoms with van der Waals surface area (Å²) < 4.78 is 0.770. The van der Waals surface area contributed by atoms with Gasteiger partial charge in [-0.25, -0.2) is 3.93 Å². The first-order valence-corrected chi connectivity index (χ1v) is 6.59. The molecule has 108 valence electrons. The molecule has 11 heteroatoms. The van der Waals surface area contributed by atoms with E-state index in [2.05, 4.69) is 37.2 Å². The number of ketones is 2. The predicted molar refractivity (Wildman–Crippen MR) is 75.8 cm³/mol. The molecule has 1 aliphatic heterocycles. The van der Waals surface area contributed by atoms with E-state index in [0.717, 1.165) is 6.07 Å². The van der Waals surface area contributed by atoms with Gasteiger partial charge in [0.1, 0.15) is 5.56 Å². The zero-order valence-electron chi connectivity index (χ0n) is 9.74. The zero-order valence-corrected chi connectivity index (χ0v) is 12.9. The van der Waals surface area contributed by atoms with E-state index < -0.39 is 39.4 Å². The van der Waals surface area contributed by atoms with Crippen LogP contribution in [-0.2, 0) is 9.59 Å². The number of amides is 1. The van der Waals surface area contributed by atoms with Crippen LogP contribution in [0.4, 0.5) is 11.4 Å². The van der Waals surface area contributed by atoms with E-state index in [4.69, 9.17) is 5.21 Å². The van der Waals surface area contributed by atoms with Gasteiger partial charge in [0.15, 0.2) is 0 Å². The highest BCUT2D eigenvalue weighted by atomic mass is 79.9. The fourth-order valence-corrected chi connectivity index (χ4v) is 3.00. The SMILES string of the molecule is O=C1C(=O)N(Br)c2c(Br)ccc([N+](=O)[O-])c2C(=O)C1=NO. The number of halogens is 2. The molecule has 9 nitrogen and oxygen atoms in total. The van der Waals surface area contributed by atoms with Gasteiger partial charge >= 0.3 is 5.91 Å². The third-order valence-electron chi connectivity index (χ3n) is 2.63. The normalized spacial score (nSPS) is 17.0. The van der Waals surface area contributed by atoms with Crippen molar-refractivity contribution in [1.29, 1.82) is 0 Å². The summed E-state index contributed by atoms with van der Waals surface area (Å²) in [5, 5.41) is 22.3. The van der Waals surface area contributed by atoms with Crippen LogP contribution in [0, 0.1) is 10.1 Å². The lowest BCUT2D eigenvalue weighted by Crippen LogP contribution is -2.34. The second-order valence-corrected chi connectivity index (χ2v) is 5.30. The summed E-state index contributed by atoms with van der Waals surface area (Å²) in [5.41, 5.74) is -2.49. The van der Waals surface area contributed by atoms with Gasteiger partial charge < -0.3 is 5.21 Å². The van der Waals surface area contributed by atoms with Crippen LogP contribution in [0.25, 0.3) is 0 Å². The Hall–Kier alpha value is -2.14. The average molecular weight is 421 g/mol. The highest BCUT2D eigenvalue weighted by Gasteiger charge is 2.43. The average Bonchev–Trinajstić information content (AvgIpc) is 2.50. The van der Waals surface area contributed by atoms with Gasteiger partial charge in [-0.3, -0.25) is 24.5 Å². The lowest BCUT2D eigenvalue weighted by atomic mass is 10.0. The first kappa shape index (κ1) is 15.3. The Balaban J connectivity index is 2.93. The molecule has 0 aliphatic carbocycles. The predicted octanol–water partition coefficient (Wildman–Crippen LogP) is 1.60. The van der Waals surface area contributed by atoms with Gasteiger partial charge in [0.2, 0.25) is 11.5 Å². The number of benzene rings is 1. The van der Waals surface area contributed by atoms with E-state index in [1.165, 1.54) is 6.07 Å². The summed E-state index contributed by atoms with van der Waals surface area (Å²) in [6.07, 6.45) is 0. The Kier molecular flexibility index (Phi) is 3.87. The fraction of sp³-hybridized carbons (Fsp3) is 0. The number of carbonyl (C=O) groups excluding carboxylic acids is 3. The number of nitro benzene ring substituents is 1. The monoisotopic (exact) mass is 419 g/mol. The Morgan fingerprint density at radius 2 is 1.86 bits per heavy atom. The number of hydrogen-bond donors (Lipinski definition) is 1. The van der Waals surface area contributed by atoms with E-state index in [0.29, 0.717) is 3.93 Å². The number of nitro groups is 1. The number of fused-ring (bicyclic) bond motifs is 1. The van der Waals surface area contributed by atoms with Gasteiger partial charge in [-0.05, 0) is 22.0 Å². The molecule has 1 aliphatic rings. The maximum absolute atomic E-state index is 12.2. The molecule has 0 radical (unpaired) electrons. The van der Waals surface area contributed by atoms with Crippen LogP contribution < -0.4 is 3.93 Å². The third-order valence-corrected chi connectivity index (χ3v) is 3.95. The van der Waals surface area contributed by atoms with Crippen molar-refractivity contribution in [3.63, 3.8) is 0 Å². The third kappa shape index (κ3) is 2.23. The molecule has 0 aromatic heterocycles. The van der Waals surface area contributed by atoms with Gasteiger partial charge in [-0.2, -0.15) is 0 Å². The molecule has 21 heavy (non-hydrogen) atoms. The maximum Gasteiger partial charge on any atom is 0.311 e. The standard InChI is InChI=1S/C10H3Br2N3O6/c11-3-1-2-4(15(20)21)5-7(3)14(12)10(18)9(17)6(13-19)8(5)16/h1-2,19H. The van der Waals surface area contributed by atoms with E-state index in [9.17, 15) is 24.5 Å². The summed E-state index contributed by atoms with van der Waals surface area (Å²) in [5.74, 6) is -3.84. The van der Waals surface area contributed by atoms with Crippen LogP contribution >= 0.6 is 32.1 Å². The largest absolute Gasteiger partial charge is 0.410 e. The van der Waals surface area contributed by atoms with E-state index >= 15 is 0 Å². The quantitative estimate of drug-likeness (QED) is 0.241. The number of anilines is 1. The molecule has 0 bridgehead atoms. The molecule has 0 fully saturated rings. The Morgan fingerprint density at radius 1 is 1.24 bits per heavy atom. The molecule has 1 heterocycles. The first-order valence-electron chi connectivity index (χ1n) is 5.09. The minimum Gasteiger partial charge on any atom is -0.410 e. The van der Waals surface area contributed by atoms with Crippen LogP contribution in [0.3, 0.4) is 0 Å². The second kappa shape index (κ2) is 5.33. The van der Waals surface area contributed by atoms with Crippen LogP contribution in [0.15, 0.2) is 21.8 Å². The molecule has 1 N–H and O–H groups in total. The molecular weight excluding hydrogens is 418 g/mol. The van der Waals surface area contributed by atoms with Crippen molar-refractivity contribution in [3.8, 4) is 0 Å². The molecule has 0 spiro atoms. The van der Waals surface area contributed by atoms with Crippen molar-refractivity contribution < 1.29 is 24.5 Å². The topological polar surface area (TPSA) is 130 Å². The summed E-state index contributed by atoms with van der Waals surface area (Å²) >= 11 is 5.83. The molecular formula is C10H3Br2N3O6. The molecule has 0 atom stereocenters. The molecule has 1 aromatic rings. The Morgan fingerprint density at radius 3 is 2.38 bits per heavy atom. The molecule has 2 rings (SSSR count). The highest BCUT2D eigenvalue weighted by Crippen LogP contribution is 2.39. The second-order valence-electron chi connectivity index (χ2n) is 3.74. The minimum absolute atomic E-state index is 0.161. The van der Waals surface area contributed by atoms with Crippen LogP contribution in [0.1, 0.15) is 10.4 Å². The molecule has 0 saturated carbocycles. The number of oxime groups is 1. The summed E-state index contributed by atoms with van der Waals surface area (Å²) in [6, 6.07) is 2.27. The van der Waals surface area contributed by atoms with Gasteiger partial charge in [0.05, 0.1) is 26.8 Å². The highest BCUT2D eigenvalue weighted by molar-refractivity contribution is 9.11. The number of nitrogens with zero attached hydrogens (tertiary/aromatic N) is 3. The van der Waals surface area contributed by atoms with Crippen LogP contribution in [-0.4, -0.2) is 33.3 Å². The van der Waals surface area contributed by atoms with E-state index in [1.807, 2.05) is 0 Å². The Labute approximate surface area is 132 Å². The summed E-state index contributed by atoms with van der Waals surface area (Å²) in [6.45, 7) is 0. The van der Waals surface area contributed by atoms with Crippen molar-refractivity contribution >= 4 is 66.6 Å². The van der Waals surface area contributed by atoms with Crippen molar-refractivity contribution in [2.45, 2.75) is 0 Å². The molecule has 1 amide bonds. The zero-order chi connectivity index (χ0) is 15.9. The van der Waals surface area contributed by atoms with Crippen LogP contribution in [0.2, 0.25) is 0 Å². The maximum atomic E-state index is 12.2. The summed E-state index contributed by atoms with van der Waals surface area (Å²) in [7, 11) is 0. The molecule has 1 aromatic carbocycles. The number of Topliss-reactive ketones (excluding diaryl/α,β-unsaturated/α-hetero) is 2.